The number of sulfonamides is 1. The van der Waals surface area contributed by atoms with Crippen LogP contribution in [0, 0.1) is 6.92 Å². The van der Waals surface area contributed by atoms with Gasteiger partial charge in [-0.05, 0) is 26.8 Å². The van der Waals surface area contributed by atoms with Crippen molar-refractivity contribution >= 4 is 32.4 Å². The van der Waals surface area contributed by atoms with Crippen molar-refractivity contribution in [3.63, 3.8) is 0 Å². The van der Waals surface area contributed by atoms with Crippen LogP contribution in [0.5, 0.6) is 5.75 Å². The Bertz CT molecular complexity index is 969. The number of anilines is 1. The van der Waals surface area contributed by atoms with Crippen molar-refractivity contribution in [1.29, 1.82) is 0 Å². The zero-order chi connectivity index (χ0) is 19.8. The minimum Gasteiger partial charge on any atom is -0.487 e. The minimum absolute atomic E-state index is 0.158. The summed E-state index contributed by atoms with van der Waals surface area (Å²) in [6.07, 6.45) is 0.744. The van der Waals surface area contributed by atoms with Crippen molar-refractivity contribution in [3.05, 3.63) is 29.3 Å². The summed E-state index contributed by atoms with van der Waals surface area (Å²) in [7, 11) is -3.90. The van der Waals surface area contributed by atoms with E-state index in [0.717, 1.165) is 22.5 Å². The second kappa shape index (κ2) is 7.17. The molecule has 1 aliphatic rings. The van der Waals surface area contributed by atoms with Crippen molar-refractivity contribution in [2.75, 3.05) is 5.32 Å². The van der Waals surface area contributed by atoms with Gasteiger partial charge in [0.1, 0.15) is 11.4 Å². The first-order valence-corrected chi connectivity index (χ1v) is 10.8. The Morgan fingerprint density at radius 2 is 2.11 bits per heavy atom. The van der Waals surface area contributed by atoms with E-state index in [0.29, 0.717) is 12.2 Å². The molecule has 2 N–H and O–H groups in total. The summed E-state index contributed by atoms with van der Waals surface area (Å²) in [6.45, 7) is 7.47. The van der Waals surface area contributed by atoms with Gasteiger partial charge in [-0.3, -0.25) is 4.79 Å². The number of benzene rings is 1. The van der Waals surface area contributed by atoms with E-state index in [2.05, 4.69) is 20.2 Å². The molecule has 1 aromatic heterocycles. The van der Waals surface area contributed by atoms with Gasteiger partial charge in [0.25, 0.3) is 10.0 Å². The molecule has 1 aromatic carbocycles. The minimum atomic E-state index is -3.90. The van der Waals surface area contributed by atoms with E-state index in [1.807, 2.05) is 39.0 Å². The molecule has 0 saturated carbocycles. The maximum atomic E-state index is 12.8. The maximum absolute atomic E-state index is 12.8. The molecule has 0 fully saturated rings. The van der Waals surface area contributed by atoms with Gasteiger partial charge in [0, 0.05) is 18.4 Å². The van der Waals surface area contributed by atoms with Crippen molar-refractivity contribution in [3.8, 4) is 5.75 Å². The van der Waals surface area contributed by atoms with Crippen molar-refractivity contribution in [1.82, 2.24) is 14.9 Å². The highest BCUT2D eigenvalue weighted by Crippen LogP contribution is 2.40. The molecule has 0 saturated heterocycles. The van der Waals surface area contributed by atoms with Crippen LogP contribution >= 0.6 is 11.3 Å². The van der Waals surface area contributed by atoms with E-state index in [1.54, 1.807) is 6.92 Å². The predicted octanol–water partition coefficient (Wildman–Crippen LogP) is 2.78. The molecule has 3 rings (SSSR count). The van der Waals surface area contributed by atoms with Crippen LogP contribution in [-0.2, 0) is 14.8 Å². The second-order valence-electron chi connectivity index (χ2n) is 7.06. The number of nitrogens with zero attached hydrogens (tertiary/aromatic N) is 2. The average molecular weight is 411 g/mol. The summed E-state index contributed by atoms with van der Waals surface area (Å²) in [6, 6.07) is 5.26. The summed E-state index contributed by atoms with van der Waals surface area (Å²) < 4.78 is 34.1. The molecule has 8 nitrogen and oxygen atoms in total. The molecule has 1 aliphatic heterocycles. The second-order valence-corrected chi connectivity index (χ2v) is 9.92. The molecule has 0 bridgehead atoms. The van der Waals surface area contributed by atoms with Gasteiger partial charge in [-0.1, -0.05) is 36.0 Å². The number of ether oxygens (including phenoxy) is 1. The first kappa shape index (κ1) is 19.7. The van der Waals surface area contributed by atoms with E-state index in [4.69, 9.17) is 4.74 Å². The fourth-order valence-electron chi connectivity index (χ4n) is 2.89. The van der Waals surface area contributed by atoms with Crippen molar-refractivity contribution < 1.29 is 17.9 Å². The van der Waals surface area contributed by atoms with Crippen LogP contribution < -0.4 is 14.8 Å². The van der Waals surface area contributed by atoms with E-state index in [9.17, 15) is 13.2 Å². The lowest BCUT2D eigenvalue weighted by Crippen LogP contribution is -2.41. The lowest BCUT2D eigenvalue weighted by Gasteiger charge is -2.37. The topological polar surface area (TPSA) is 110 Å². The molecule has 27 heavy (non-hydrogen) atoms. The lowest BCUT2D eigenvalue weighted by molar-refractivity contribution is -0.115. The largest absolute Gasteiger partial charge is 0.487 e. The Morgan fingerprint density at radius 1 is 1.37 bits per heavy atom. The van der Waals surface area contributed by atoms with E-state index in [1.165, 1.54) is 0 Å². The Labute approximate surface area is 162 Å². The predicted molar refractivity (Wildman–Crippen MR) is 102 cm³/mol. The number of rotatable bonds is 5. The quantitative estimate of drug-likeness (QED) is 0.734. The molecule has 10 heteroatoms. The third-order valence-corrected chi connectivity index (χ3v) is 6.80. The molecular weight excluding hydrogens is 388 g/mol. The number of hydrogen-bond donors (Lipinski definition) is 2. The summed E-state index contributed by atoms with van der Waals surface area (Å²) in [4.78, 5) is 11.4. The molecule has 0 unspecified atom stereocenters. The average Bonchev–Trinajstić information content (AvgIpc) is 3.04. The van der Waals surface area contributed by atoms with Gasteiger partial charge >= 0.3 is 0 Å². The van der Waals surface area contributed by atoms with E-state index in [-0.39, 0.29) is 21.8 Å². The Kier molecular flexibility index (Phi) is 5.24. The number of amides is 1. The molecule has 1 amide bonds. The van der Waals surface area contributed by atoms with Crippen LogP contribution in [-0.4, -0.2) is 30.1 Å². The maximum Gasteiger partial charge on any atom is 0.270 e. The lowest BCUT2D eigenvalue weighted by atomic mass is 9.89. The summed E-state index contributed by atoms with van der Waals surface area (Å²) >= 11 is 0.821. The number of aromatic nitrogens is 2. The number of aryl methyl sites for hydroxylation is 1. The SMILES string of the molecule is CCC(=O)Nc1nnc(S(=O)(=O)N[C@H]2CC(C)(C)Oc3ccc(C)cc32)s1. The standard InChI is InChI=1S/C17H22N4O4S2/c1-5-14(22)18-15-19-20-16(26-15)27(23,24)21-12-9-17(3,4)25-13-7-6-10(2)8-11(12)13/h6-8,12,21H,5,9H2,1-4H3,(H,18,19,22)/t12-/m0/s1. The van der Waals surface area contributed by atoms with Gasteiger partial charge in [0.15, 0.2) is 0 Å². The van der Waals surface area contributed by atoms with Crippen LogP contribution in [0.2, 0.25) is 0 Å². The van der Waals surface area contributed by atoms with Gasteiger partial charge in [0.05, 0.1) is 6.04 Å². The fraction of sp³-hybridized carbons (Fsp3) is 0.471. The van der Waals surface area contributed by atoms with Gasteiger partial charge in [-0.2, -0.15) is 0 Å². The smallest absolute Gasteiger partial charge is 0.270 e. The van der Waals surface area contributed by atoms with Crippen LogP contribution in [0.3, 0.4) is 0 Å². The normalized spacial score (nSPS) is 18.4. The van der Waals surface area contributed by atoms with Crippen LogP contribution in [0.25, 0.3) is 0 Å². The molecule has 0 spiro atoms. The zero-order valence-corrected chi connectivity index (χ0v) is 17.2. The number of carbonyl (C=O) groups excluding carboxylic acids is 1. The molecule has 2 heterocycles. The Morgan fingerprint density at radius 3 is 2.81 bits per heavy atom. The molecular formula is C17H22N4O4S2. The first-order valence-electron chi connectivity index (χ1n) is 8.55. The monoisotopic (exact) mass is 410 g/mol. The van der Waals surface area contributed by atoms with E-state index < -0.39 is 21.7 Å². The first-order chi connectivity index (χ1) is 12.6. The summed E-state index contributed by atoms with van der Waals surface area (Å²) in [5.74, 6) is 0.413. The van der Waals surface area contributed by atoms with Crippen LogP contribution in [0.4, 0.5) is 5.13 Å². The van der Waals surface area contributed by atoms with Crippen LogP contribution in [0.1, 0.15) is 50.8 Å². The third-order valence-electron chi connectivity index (χ3n) is 4.12. The van der Waals surface area contributed by atoms with Crippen LogP contribution in [0.15, 0.2) is 22.5 Å². The van der Waals surface area contributed by atoms with Gasteiger partial charge < -0.3 is 10.1 Å². The molecule has 0 radical (unpaired) electrons. The van der Waals surface area contributed by atoms with Crippen molar-refractivity contribution in [2.45, 2.75) is 56.5 Å². The zero-order valence-electron chi connectivity index (χ0n) is 15.6. The highest BCUT2D eigenvalue weighted by Gasteiger charge is 2.37. The summed E-state index contributed by atoms with van der Waals surface area (Å²) in [5.41, 5.74) is 1.29. The highest BCUT2D eigenvalue weighted by atomic mass is 32.2. The highest BCUT2D eigenvalue weighted by molar-refractivity contribution is 7.91. The number of carbonyl (C=O) groups is 1. The fourth-order valence-corrected chi connectivity index (χ4v) is 5.04. The third kappa shape index (κ3) is 4.45. The molecule has 1 atom stereocenters. The van der Waals surface area contributed by atoms with Crippen molar-refractivity contribution in [2.24, 2.45) is 0 Å². The molecule has 2 aromatic rings. The molecule has 0 aliphatic carbocycles. The van der Waals surface area contributed by atoms with Gasteiger partial charge in [0.2, 0.25) is 15.4 Å². The summed E-state index contributed by atoms with van der Waals surface area (Å²) in [5, 5.41) is 10.1. The van der Waals surface area contributed by atoms with E-state index >= 15 is 0 Å². The molecule has 146 valence electrons. The number of nitrogens with one attached hydrogen (secondary N) is 2. The number of fused-ring (bicyclic) bond motifs is 1. The Balaban J connectivity index is 1.87. The van der Waals surface area contributed by atoms with Gasteiger partial charge in [-0.25, -0.2) is 13.1 Å². The number of hydrogen-bond acceptors (Lipinski definition) is 7. The Hall–Kier alpha value is -2.04. The van der Waals surface area contributed by atoms with Gasteiger partial charge in [-0.15, -0.1) is 10.2 Å².